The standard InChI is InChI=1S/C14H16Cl2INO3/c1-3-5-18(8-12(19)21-4-2)14(20)10-6-9(15)7-11(16)13(10)17/h6-7H,3-5,8H2,1-2H3. The first-order chi connectivity index (χ1) is 9.90. The topological polar surface area (TPSA) is 46.6 Å². The van der Waals surface area contributed by atoms with Crippen LogP contribution >= 0.6 is 45.8 Å². The average Bonchev–Trinajstić information content (AvgIpc) is 2.42. The highest BCUT2D eigenvalue weighted by Gasteiger charge is 2.22. The maximum absolute atomic E-state index is 12.6. The molecule has 0 radical (unpaired) electrons. The van der Waals surface area contributed by atoms with Gasteiger partial charge in [-0.3, -0.25) is 9.59 Å². The summed E-state index contributed by atoms with van der Waals surface area (Å²) >= 11 is 14.0. The van der Waals surface area contributed by atoms with E-state index in [-0.39, 0.29) is 19.1 Å². The van der Waals surface area contributed by atoms with Gasteiger partial charge in [-0.2, -0.15) is 0 Å². The molecule has 116 valence electrons. The van der Waals surface area contributed by atoms with E-state index in [9.17, 15) is 9.59 Å². The molecule has 0 saturated carbocycles. The number of carbonyl (C=O) groups is 2. The Hall–Kier alpha value is -0.530. The second-order valence-electron chi connectivity index (χ2n) is 4.28. The highest BCUT2D eigenvalue weighted by atomic mass is 127. The molecular weight excluding hydrogens is 428 g/mol. The second-order valence-corrected chi connectivity index (χ2v) is 6.20. The number of hydrogen-bond donors (Lipinski definition) is 0. The molecule has 0 fully saturated rings. The predicted octanol–water partition coefficient (Wildman–Crippen LogP) is 4.01. The normalized spacial score (nSPS) is 10.3. The molecule has 0 saturated heterocycles. The van der Waals surface area contributed by atoms with Crippen LogP contribution in [0, 0.1) is 3.57 Å². The highest BCUT2D eigenvalue weighted by molar-refractivity contribution is 14.1. The summed E-state index contributed by atoms with van der Waals surface area (Å²) in [6, 6.07) is 3.14. The Labute approximate surface area is 147 Å². The van der Waals surface area contributed by atoms with Crippen molar-refractivity contribution in [3.63, 3.8) is 0 Å². The van der Waals surface area contributed by atoms with E-state index in [4.69, 9.17) is 27.9 Å². The lowest BCUT2D eigenvalue weighted by atomic mass is 10.2. The Balaban J connectivity index is 3.03. The Kier molecular flexibility index (Phi) is 7.76. The number of carbonyl (C=O) groups excluding carboxylic acids is 2. The van der Waals surface area contributed by atoms with Crippen molar-refractivity contribution in [2.75, 3.05) is 19.7 Å². The molecule has 0 spiro atoms. The molecule has 0 aliphatic carbocycles. The number of benzene rings is 1. The van der Waals surface area contributed by atoms with Crippen LogP contribution in [0.2, 0.25) is 10.0 Å². The average molecular weight is 444 g/mol. The molecule has 1 amide bonds. The van der Waals surface area contributed by atoms with Crippen molar-refractivity contribution in [3.05, 3.63) is 31.3 Å². The van der Waals surface area contributed by atoms with Crippen LogP contribution in [0.15, 0.2) is 12.1 Å². The van der Waals surface area contributed by atoms with Gasteiger partial charge in [0.2, 0.25) is 0 Å². The van der Waals surface area contributed by atoms with E-state index in [0.717, 1.165) is 6.42 Å². The van der Waals surface area contributed by atoms with Gasteiger partial charge >= 0.3 is 5.97 Å². The van der Waals surface area contributed by atoms with Gasteiger partial charge in [0.25, 0.3) is 5.91 Å². The molecule has 0 bridgehead atoms. The summed E-state index contributed by atoms with van der Waals surface area (Å²) in [6.07, 6.45) is 0.732. The highest BCUT2D eigenvalue weighted by Crippen LogP contribution is 2.27. The van der Waals surface area contributed by atoms with Crippen LogP contribution in [0.25, 0.3) is 0 Å². The lowest BCUT2D eigenvalue weighted by Crippen LogP contribution is -2.37. The van der Waals surface area contributed by atoms with Gasteiger partial charge in [0.1, 0.15) is 6.54 Å². The summed E-state index contributed by atoms with van der Waals surface area (Å²) in [5.41, 5.74) is 0.394. The fraction of sp³-hybridized carbons (Fsp3) is 0.429. The first kappa shape index (κ1) is 18.5. The van der Waals surface area contributed by atoms with E-state index in [1.807, 2.05) is 29.5 Å². The predicted molar refractivity (Wildman–Crippen MR) is 92.0 cm³/mol. The minimum Gasteiger partial charge on any atom is -0.465 e. The third kappa shape index (κ3) is 5.30. The van der Waals surface area contributed by atoms with Crippen molar-refractivity contribution in [2.24, 2.45) is 0 Å². The summed E-state index contributed by atoms with van der Waals surface area (Å²) < 4.78 is 5.51. The zero-order chi connectivity index (χ0) is 16.0. The minimum atomic E-state index is -0.428. The van der Waals surface area contributed by atoms with E-state index >= 15 is 0 Å². The zero-order valence-corrected chi connectivity index (χ0v) is 15.5. The zero-order valence-electron chi connectivity index (χ0n) is 11.8. The molecule has 0 aliphatic heterocycles. The molecule has 0 N–H and O–H groups in total. The number of nitrogens with zero attached hydrogens (tertiary/aromatic N) is 1. The third-order valence-corrected chi connectivity index (χ3v) is 4.63. The number of ether oxygens (including phenoxy) is 1. The van der Waals surface area contributed by atoms with Crippen LogP contribution in [0.5, 0.6) is 0 Å². The van der Waals surface area contributed by atoms with E-state index in [1.165, 1.54) is 4.90 Å². The summed E-state index contributed by atoms with van der Waals surface area (Å²) in [7, 11) is 0. The molecule has 0 aliphatic rings. The molecule has 7 heteroatoms. The van der Waals surface area contributed by atoms with Gasteiger partial charge in [0.15, 0.2) is 0 Å². The van der Waals surface area contributed by atoms with Gasteiger partial charge in [-0.05, 0) is 48.1 Å². The van der Waals surface area contributed by atoms with Crippen molar-refractivity contribution >= 4 is 57.7 Å². The Morgan fingerprint density at radius 3 is 2.52 bits per heavy atom. The number of rotatable bonds is 6. The maximum Gasteiger partial charge on any atom is 0.325 e. The van der Waals surface area contributed by atoms with Crippen LogP contribution in [-0.2, 0) is 9.53 Å². The molecule has 4 nitrogen and oxygen atoms in total. The number of esters is 1. The smallest absolute Gasteiger partial charge is 0.325 e. The van der Waals surface area contributed by atoms with Crippen molar-refractivity contribution in [1.29, 1.82) is 0 Å². The molecule has 0 atom stereocenters. The minimum absolute atomic E-state index is 0.0826. The molecule has 1 rings (SSSR count). The first-order valence-electron chi connectivity index (χ1n) is 6.50. The lowest BCUT2D eigenvalue weighted by Gasteiger charge is -2.22. The van der Waals surface area contributed by atoms with Crippen LogP contribution in [0.4, 0.5) is 0 Å². The summed E-state index contributed by atoms with van der Waals surface area (Å²) in [5.74, 6) is -0.707. The first-order valence-corrected chi connectivity index (χ1v) is 8.33. The monoisotopic (exact) mass is 443 g/mol. The fourth-order valence-electron chi connectivity index (χ4n) is 1.77. The maximum atomic E-state index is 12.6. The number of hydrogen-bond acceptors (Lipinski definition) is 3. The van der Waals surface area contributed by atoms with Crippen molar-refractivity contribution in [1.82, 2.24) is 4.90 Å². The van der Waals surface area contributed by atoms with Crippen LogP contribution < -0.4 is 0 Å². The Bertz CT molecular complexity index is 537. The van der Waals surface area contributed by atoms with Gasteiger partial charge in [-0.1, -0.05) is 30.1 Å². The molecule has 0 aromatic heterocycles. The summed E-state index contributed by atoms with van der Waals surface area (Å²) in [4.78, 5) is 25.7. The van der Waals surface area contributed by atoms with Crippen LogP contribution in [0.1, 0.15) is 30.6 Å². The molecular formula is C14H16Cl2INO3. The van der Waals surface area contributed by atoms with Crippen LogP contribution in [-0.4, -0.2) is 36.5 Å². The van der Waals surface area contributed by atoms with E-state index in [0.29, 0.717) is 25.7 Å². The van der Waals surface area contributed by atoms with E-state index in [1.54, 1.807) is 19.1 Å². The summed E-state index contributed by atoms with van der Waals surface area (Å²) in [5, 5.41) is 0.801. The van der Waals surface area contributed by atoms with E-state index < -0.39 is 5.97 Å². The van der Waals surface area contributed by atoms with E-state index in [2.05, 4.69) is 0 Å². The fourth-order valence-corrected chi connectivity index (χ4v) is 2.80. The van der Waals surface area contributed by atoms with Gasteiger partial charge in [0, 0.05) is 15.1 Å². The van der Waals surface area contributed by atoms with Gasteiger partial charge < -0.3 is 9.64 Å². The lowest BCUT2D eigenvalue weighted by molar-refractivity contribution is -0.143. The Morgan fingerprint density at radius 1 is 1.29 bits per heavy atom. The van der Waals surface area contributed by atoms with Gasteiger partial charge in [0.05, 0.1) is 17.2 Å². The quantitative estimate of drug-likeness (QED) is 0.379. The molecule has 0 unspecified atom stereocenters. The summed E-state index contributed by atoms with van der Waals surface area (Å²) in [6.45, 7) is 4.32. The largest absolute Gasteiger partial charge is 0.465 e. The van der Waals surface area contributed by atoms with Crippen LogP contribution in [0.3, 0.4) is 0 Å². The second kappa shape index (κ2) is 8.80. The van der Waals surface area contributed by atoms with Crippen molar-refractivity contribution in [2.45, 2.75) is 20.3 Å². The molecule has 21 heavy (non-hydrogen) atoms. The number of halogens is 3. The SMILES string of the molecule is CCCN(CC(=O)OCC)C(=O)c1cc(Cl)cc(Cl)c1I. The van der Waals surface area contributed by atoms with Gasteiger partial charge in [-0.25, -0.2) is 0 Å². The Morgan fingerprint density at radius 2 is 1.95 bits per heavy atom. The van der Waals surface area contributed by atoms with Gasteiger partial charge in [-0.15, -0.1) is 0 Å². The third-order valence-electron chi connectivity index (χ3n) is 2.63. The van der Waals surface area contributed by atoms with Crippen molar-refractivity contribution < 1.29 is 14.3 Å². The number of amides is 1. The molecule has 1 aromatic carbocycles. The molecule has 0 heterocycles. The van der Waals surface area contributed by atoms with Crippen molar-refractivity contribution in [3.8, 4) is 0 Å². The molecule has 1 aromatic rings.